The van der Waals surface area contributed by atoms with E-state index in [4.69, 9.17) is 14.4 Å². The van der Waals surface area contributed by atoms with Crippen LogP contribution in [0.5, 0.6) is 0 Å². The number of hydrogen-bond acceptors (Lipinski definition) is 4. The summed E-state index contributed by atoms with van der Waals surface area (Å²) >= 11 is 0. The van der Waals surface area contributed by atoms with Gasteiger partial charge in [-0.15, -0.1) is 0 Å². The number of rotatable bonds is 4. The molecule has 0 amide bonds. The topological polar surface area (TPSA) is 51.8 Å². The predicted molar refractivity (Wildman–Crippen MR) is 150 cm³/mol. The van der Waals surface area contributed by atoms with E-state index in [1.165, 1.54) is 21.9 Å². The number of nitrogens with zero attached hydrogens (tertiary/aromatic N) is 3. The summed E-state index contributed by atoms with van der Waals surface area (Å²) in [7, 11) is 0. The molecule has 3 aromatic carbocycles. The van der Waals surface area contributed by atoms with Gasteiger partial charge in [-0.05, 0) is 67.0 Å². The zero-order valence-electron chi connectivity index (χ0n) is 21.8. The number of hydrogen-bond donors (Lipinski definition) is 0. The van der Waals surface area contributed by atoms with E-state index in [1.54, 1.807) is 0 Å². The molecular weight excluding hydrogens is 442 g/mol. The highest BCUT2D eigenvalue weighted by molar-refractivity contribution is 6.14. The minimum absolute atomic E-state index is 0.197. The number of aromatic nitrogens is 3. The molecule has 0 saturated carbocycles. The van der Waals surface area contributed by atoms with Crippen molar-refractivity contribution in [2.24, 2.45) is 5.92 Å². The second-order valence-corrected chi connectivity index (χ2v) is 10.7. The molecule has 0 atom stereocenters. The van der Waals surface area contributed by atoms with Crippen LogP contribution in [-0.4, -0.2) is 15.0 Å². The Balaban J connectivity index is 1.69. The fraction of sp³-hybridized carbons (Fsp3) is 0.281. The lowest BCUT2D eigenvalue weighted by Gasteiger charge is -2.15. The van der Waals surface area contributed by atoms with Gasteiger partial charge in [0.05, 0.1) is 11.2 Å². The summed E-state index contributed by atoms with van der Waals surface area (Å²) in [6, 6.07) is 19.5. The molecule has 0 aliphatic heterocycles. The van der Waals surface area contributed by atoms with Gasteiger partial charge in [-0.1, -0.05) is 58.0 Å². The van der Waals surface area contributed by atoms with E-state index in [-0.39, 0.29) is 5.92 Å². The van der Waals surface area contributed by atoms with Crippen LogP contribution < -0.4 is 0 Å². The minimum atomic E-state index is 0.197. The Morgan fingerprint density at radius 3 is 2.39 bits per heavy atom. The van der Waals surface area contributed by atoms with E-state index in [9.17, 15) is 0 Å². The number of benzene rings is 3. The lowest BCUT2D eigenvalue weighted by molar-refractivity contribution is 0.647. The molecule has 6 aromatic rings. The molecule has 0 unspecified atom stereocenters. The Bertz CT molecular complexity index is 1790. The lowest BCUT2D eigenvalue weighted by Crippen LogP contribution is -2.02. The first kappa shape index (κ1) is 22.7. The average molecular weight is 474 g/mol. The van der Waals surface area contributed by atoms with E-state index in [2.05, 4.69) is 88.1 Å². The maximum Gasteiger partial charge on any atom is 0.227 e. The van der Waals surface area contributed by atoms with Crippen LogP contribution in [0.1, 0.15) is 56.3 Å². The highest BCUT2D eigenvalue weighted by Gasteiger charge is 2.20. The van der Waals surface area contributed by atoms with Gasteiger partial charge >= 0.3 is 0 Å². The fourth-order valence-electron chi connectivity index (χ4n) is 5.37. The summed E-state index contributed by atoms with van der Waals surface area (Å²) in [5, 5.41) is 5.57. The molecule has 180 valence electrons. The van der Waals surface area contributed by atoms with Gasteiger partial charge in [-0.2, -0.15) is 0 Å². The van der Waals surface area contributed by atoms with Crippen LogP contribution >= 0.6 is 0 Å². The summed E-state index contributed by atoms with van der Waals surface area (Å²) in [5.41, 5.74) is 7.97. The van der Waals surface area contributed by atoms with Crippen molar-refractivity contribution < 1.29 is 4.42 Å². The maximum absolute atomic E-state index is 6.36. The normalized spacial score (nSPS) is 12.2. The third-order valence-corrected chi connectivity index (χ3v) is 6.97. The summed E-state index contributed by atoms with van der Waals surface area (Å²) < 4.78 is 6.36. The van der Waals surface area contributed by atoms with Crippen molar-refractivity contribution in [3.05, 3.63) is 77.2 Å². The second-order valence-electron chi connectivity index (χ2n) is 10.7. The standard InChI is InChI=1S/C32H31N3O/c1-17(2)14-21-15-19(5)27-22(16-21)11-13-25-28(34-31(18(3)4)35-29(25)27)26-9-7-8-23-24-12-10-20(6)33-32(24)36-30(23)26/h7-13,15-18H,14H2,1-6H3. The van der Waals surface area contributed by atoms with Crippen LogP contribution in [0.2, 0.25) is 0 Å². The van der Waals surface area contributed by atoms with E-state index < -0.39 is 0 Å². The van der Waals surface area contributed by atoms with Crippen molar-refractivity contribution in [1.29, 1.82) is 0 Å². The number of pyridine rings is 1. The highest BCUT2D eigenvalue weighted by Crippen LogP contribution is 2.39. The van der Waals surface area contributed by atoms with Crippen LogP contribution in [0.3, 0.4) is 0 Å². The SMILES string of the molecule is Cc1ccc2c(n1)oc1c(-c3nc(C(C)C)nc4c3ccc3cc(CC(C)C)cc(C)c34)cccc12. The van der Waals surface area contributed by atoms with Crippen LogP contribution in [-0.2, 0) is 6.42 Å². The third-order valence-electron chi connectivity index (χ3n) is 6.97. The van der Waals surface area contributed by atoms with Crippen molar-refractivity contribution in [3.63, 3.8) is 0 Å². The van der Waals surface area contributed by atoms with Crippen molar-refractivity contribution >= 4 is 43.7 Å². The molecule has 4 heteroatoms. The van der Waals surface area contributed by atoms with Crippen LogP contribution in [0.25, 0.3) is 55.0 Å². The number of furan rings is 1. The molecule has 0 radical (unpaired) electrons. The minimum Gasteiger partial charge on any atom is -0.437 e. The summed E-state index contributed by atoms with van der Waals surface area (Å²) in [5.74, 6) is 1.66. The largest absolute Gasteiger partial charge is 0.437 e. The van der Waals surface area contributed by atoms with Gasteiger partial charge < -0.3 is 4.42 Å². The monoisotopic (exact) mass is 473 g/mol. The molecule has 0 aliphatic carbocycles. The number of aryl methyl sites for hydroxylation is 2. The fourth-order valence-corrected chi connectivity index (χ4v) is 5.37. The summed E-state index contributed by atoms with van der Waals surface area (Å²) in [4.78, 5) is 14.9. The van der Waals surface area contributed by atoms with Gasteiger partial charge in [-0.3, -0.25) is 0 Å². The first-order valence-electron chi connectivity index (χ1n) is 12.8. The van der Waals surface area contributed by atoms with Gasteiger partial charge in [0.1, 0.15) is 11.4 Å². The van der Waals surface area contributed by atoms with Gasteiger partial charge in [0.15, 0.2) is 0 Å². The second kappa shape index (κ2) is 8.41. The van der Waals surface area contributed by atoms with E-state index >= 15 is 0 Å². The van der Waals surface area contributed by atoms with Crippen molar-refractivity contribution in [3.8, 4) is 11.3 Å². The molecule has 0 spiro atoms. The first-order valence-corrected chi connectivity index (χ1v) is 12.8. The molecule has 6 rings (SSSR count). The molecule has 0 N–H and O–H groups in total. The van der Waals surface area contributed by atoms with E-state index in [0.717, 1.165) is 56.5 Å². The molecule has 3 heterocycles. The van der Waals surface area contributed by atoms with Gasteiger partial charge in [-0.25, -0.2) is 15.0 Å². The Labute approximate surface area is 211 Å². The van der Waals surface area contributed by atoms with Gasteiger partial charge in [0, 0.05) is 38.7 Å². The Morgan fingerprint density at radius 2 is 1.61 bits per heavy atom. The Hall–Kier alpha value is -3.79. The van der Waals surface area contributed by atoms with Gasteiger partial charge in [0.25, 0.3) is 0 Å². The zero-order valence-corrected chi connectivity index (χ0v) is 21.8. The van der Waals surface area contributed by atoms with E-state index in [1.807, 2.05) is 13.0 Å². The lowest BCUT2D eigenvalue weighted by atomic mass is 9.93. The molecule has 36 heavy (non-hydrogen) atoms. The molecule has 4 nitrogen and oxygen atoms in total. The maximum atomic E-state index is 6.36. The molecule has 0 saturated heterocycles. The summed E-state index contributed by atoms with van der Waals surface area (Å²) in [6.07, 6.45) is 1.07. The smallest absolute Gasteiger partial charge is 0.227 e. The Morgan fingerprint density at radius 1 is 0.806 bits per heavy atom. The van der Waals surface area contributed by atoms with Crippen LogP contribution in [0.15, 0.2) is 59.0 Å². The third kappa shape index (κ3) is 3.63. The first-order chi connectivity index (χ1) is 17.3. The molecular formula is C32H31N3O. The number of para-hydroxylation sites is 1. The van der Waals surface area contributed by atoms with Crippen molar-refractivity contribution in [2.45, 2.75) is 53.9 Å². The number of fused-ring (bicyclic) bond motifs is 6. The van der Waals surface area contributed by atoms with Crippen LogP contribution in [0, 0.1) is 19.8 Å². The van der Waals surface area contributed by atoms with Crippen molar-refractivity contribution in [1.82, 2.24) is 15.0 Å². The predicted octanol–water partition coefficient (Wildman–Crippen LogP) is 8.68. The molecule has 3 aromatic heterocycles. The molecule has 0 aliphatic rings. The zero-order chi connectivity index (χ0) is 25.1. The molecule has 0 fully saturated rings. The summed E-state index contributed by atoms with van der Waals surface area (Å²) in [6.45, 7) is 13.0. The van der Waals surface area contributed by atoms with Crippen LogP contribution in [0.4, 0.5) is 0 Å². The van der Waals surface area contributed by atoms with E-state index in [0.29, 0.717) is 11.6 Å². The van der Waals surface area contributed by atoms with Gasteiger partial charge in [0.2, 0.25) is 5.71 Å². The highest BCUT2D eigenvalue weighted by atomic mass is 16.3. The van der Waals surface area contributed by atoms with Crippen molar-refractivity contribution in [2.75, 3.05) is 0 Å². The molecule has 0 bridgehead atoms. The average Bonchev–Trinajstić information content (AvgIpc) is 3.20. The quantitative estimate of drug-likeness (QED) is 0.240. The Kier molecular flexibility index (Phi) is 5.29.